The number of nitrogen functional groups attached to an aromatic ring is 1. The van der Waals surface area contributed by atoms with E-state index in [0.29, 0.717) is 11.4 Å². The number of hydrogen-bond acceptors (Lipinski definition) is 4. The number of nitrogens with two attached hydrogens (primary N) is 1. The van der Waals surface area contributed by atoms with Crippen LogP contribution in [0.25, 0.3) is 5.69 Å². The molecule has 0 saturated heterocycles. The van der Waals surface area contributed by atoms with E-state index in [2.05, 4.69) is 10.2 Å². The minimum absolute atomic E-state index is 0.120. The normalized spacial score (nSPS) is 10.1. The molecule has 0 bridgehead atoms. The van der Waals surface area contributed by atoms with Gasteiger partial charge in [0.1, 0.15) is 12.7 Å². The highest BCUT2D eigenvalue weighted by Crippen LogP contribution is 2.17. The van der Waals surface area contributed by atoms with Crippen LogP contribution in [0.5, 0.6) is 0 Å². The molecule has 0 saturated carbocycles. The molecule has 0 unspecified atom stereocenters. The van der Waals surface area contributed by atoms with Gasteiger partial charge in [0.25, 0.3) is 0 Å². The van der Waals surface area contributed by atoms with Gasteiger partial charge in [0.15, 0.2) is 0 Å². The van der Waals surface area contributed by atoms with Crippen LogP contribution in [0.2, 0.25) is 0 Å². The lowest BCUT2D eigenvalue weighted by atomic mass is 10.1. The molecule has 2 rings (SSSR count). The van der Waals surface area contributed by atoms with Crippen LogP contribution in [-0.2, 0) is 0 Å². The molecule has 0 radical (unpaired) electrons. The molecule has 0 atom stereocenters. The molecule has 6 nitrogen and oxygen atoms in total. The van der Waals surface area contributed by atoms with E-state index in [9.17, 15) is 4.79 Å². The Labute approximate surface area is 85.0 Å². The third-order valence-corrected chi connectivity index (χ3v) is 1.95. The van der Waals surface area contributed by atoms with E-state index in [-0.39, 0.29) is 5.56 Å². The SMILES string of the molecule is Nc1ccc(-n2cnnc2)c(C(=O)O)c1. The minimum Gasteiger partial charge on any atom is -0.478 e. The van der Waals surface area contributed by atoms with Gasteiger partial charge in [-0.15, -0.1) is 10.2 Å². The van der Waals surface area contributed by atoms with Crippen LogP contribution in [0.15, 0.2) is 30.9 Å². The van der Waals surface area contributed by atoms with E-state index in [1.54, 1.807) is 12.1 Å². The van der Waals surface area contributed by atoms with Crippen molar-refractivity contribution in [3.8, 4) is 5.69 Å². The summed E-state index contributed by atoms with van der Waals surface area (Å²) < 4.78 is 1.52. The van der Waals surface area contributed by atoms with Crippen molar-refractivity contribution in [1.82, 2.24) is 14.8 Å². The highest BCUT2D eigenvalue weighted by molar-refractivity contribution is 5.93. The largest absolute Gasteiger partial charge is 0.478 e. The molecular weight excluding hydrogens is 196 g/mol. The van der Waals surface area contributed by atoms with E-state index < -0.39 is 5.97 Å². The van der Waals surface area contributed by atoms with Crippen molar-refractivity contribution in [3.63, 3.8) is 0 Å². The lowest BCUT2D eigenvalue weighted by Crippen LogP contribution is -2.05. The fraction of sp³-hybridized carbons (Fsp3) is 0. The van der Waals surface area contributed by atoms with Crippen molar-refractivity contribution >= 4 is 11.7 Å². The van der Waals surface area contributed by atoms with Crippen molar-refractivity contribution in [2.75, 3.05) is 5.73 Å². The minimum atomic E-state index is -1.04. The van der Waals surface area contributed by atoms with E-state index in [4.69, 9.17) is 10.8 Å². The second kappa shape index (κ2) is 3.41. The van der Waals surface area contributed by atoms with Gasteiger partial charge in [0.05, 0.1) is 11.3 Å². The summed E-state index contributed by atoms with van der Waals surface area (Å²) in [4.78, 5) is 11.0. The van der Waals surface area contributed by atoms with Gasteiger partial charge in [0, 0.05) is 5.69 Å². The molecule has 0 aliphatic carbocycles. The topological polar surface area (TPSA) is 94.0 Å². The van der Waals surface area contributed by atoms with E-state index >= 15 is 0 Å². The second-order valence-electron chi connectivity index (χ2n) is 2.95. The maximum atomic E-state index is 11.0. The first-order chi connectivity index (χ1) is 7.18. The average molecular weight is 204 g/mol. The van der Waals surface area contributed by atoms with Crippen molar-refractivity contribution in [2.45, 2.75) is 0 Å². The molecule has 1 aromatic carbocycles. The predicted molar refractivity (Wildman–Crippen MR) is 52.7 cm³/mol. The first-order valence-corrected chi connectivity index (χ1v) is 4.16. The van der Waals surface area contributed by atoms with E-state index in [1.165, 1.54) is 23.3 Å². The Morgan fingerprint density at radius 1 is 1.33 bits per heavy atom. The quantitative estimate of drug-likeness (QED) is 0.696. The Bertz CT molecular complexity index is 493. The molecule has 0 spiro atoms. The summed E-state index contributed by atoms with van der Waals surface area (Å²) in [5.74, 6) is -1.04. The van der Waals surface area contributed by atoms with Crippen molar-refractivity contribution < 1.29 is 9.90 Å². The number of rotatable bonds is 2. The van der Waals surface area contributed by atoms with Crippen LogP contribution >= 0.6 is 0 Å². The number of nitrogens with zero attached hydrogens (tertiary/aromatic N) is 3. The zero-order chi connectivity index (χ0) is 10.8. The summed E-state index contributed by atoms with van der Waals surface area (Å²) in [5.41, 5.74) is 6.53. The van der Waals surface area contributed by atoms with E-state index in [0.717, 1.165) is 0 Å². The zero-order valence-electron chi connectivity index (χ0n) is 7.66. The van der Waals surface area contributed by atoms with Crippen LogP contribution < -0.4 is 5.73 Å². The van der Waals surface area contributed by atoms with Crippen molar-refractivity contribution in [2.24, 2.45) is 0 Å². The Morgan fingerprint density at radius 3 is 2.60 bits per heavy atom. The Balaban J connectivity index is 2.61. The summed E-state index contributed by atoms with van der Waals surface area (Å²) in [5, 5.41) is 16.2. The second-order valence-corrected chi connectivity index (χ2v) is 2.95. The summed E-state index contributed by atoms with van der Waals surface area (Å²) in [6.07, 6.45) is 2.86. The lowest BCUT2D eigenvalue weighted by molar-refractivity contribution is 0.0697. The first kappa shape index (κ1) is 9.20. The molecule has 0 aliphatic heterocycles. The monoisotopic (exact) mass is 204 g/mol. The van der Waals surface area contributed by atoms with Gasteiger partial charge in [-0.3, -0.25) is 4.57 Å². The summed E-state index contributed by atoms with van der Waals surface area (Å²) in [6, 6.07) is 4.64. The van der Waals surface area contributed by atoms with Gasteiger partial charge in [-0.1, -0.05) is 0 Å². The standard InChI is InChI=1S/C9H8N4O2/c10-6-1-2-8(7(3-6)9(14)15)13-4-11-12-5-13/h1-5H,10H2,(H,14,15). The molecule has 6 heteroatoms. The molecule has 76 valence electrons. The number of benzene rings is 1. The number of carbonyl (C=O) groups is 1. The molecular formula is C9H8N4O2. The molecule has 1 heterocycles. The van der Waals surface area contributed by atoms with Crippen molar-refractivity contribution in [1.29, 1.82) is 0 Å². The maximum Gasteiger partial charge on any atom is 0.337 e. The van der Waals surface area contributed by atoms with Gasteiger partial charge in [-0.25, -0.2) is 4.79 Å². The smallest absolute Gasteiger partial charge is 0.337 e. The molecule has 2 aromatic rings. The molecule has 1 aromatic heterocycles. The maximum absolute atomic E-state index is 11.0. The lowest BCUT2D eigenvalue weighted by Gasteiger charge is -2.06. The summed E-state index contributed by atoms with van der Waals surface area (Å²) in [7, 11) is 0. The summed E-state index contributed by atoms with van der Waals surface area (Å²) in [6.45, 7) is 0. The van der Waals surface area contributed by atoms with Crippen molar-refractivity contribution in [3.05, 3.63) is 36.4 Å². The first-order valence-electron chi connectivity index (χ1n) is 4.16. The van der Waals surface area contributed by atoms with Gasteiger partial charge in [-0.2, -0.15) is 0 Å². The third-order valence-electron chi connectivity index (χ3n) is 1.95. The Kier molecular flexibility index (Phi) is 2.09. The molecule has 15 heavy (non-hydrogen) atoms. The Morgan fingerprint density at radius 2 is 2.00 bits per heavy atom. The average Bonchev–Trinajstić information content (AvgIpc) is 2.70. The Hall–Kier alpha value is -2.37. The molecule has 3 N–H and O–H groups in total. The highest BCUT2D eigenvalue weighted by atomic mass is 16.4. The highest BCUT2D eigenvalue weighted by Gasteiger charge is 2.11. The van der Waals surface area contributed by atoms with Gasteiger partial charge in [0.2, 0.25) is 0 Å². The predicted octanol–water partition coefficient (Wildman–Crippen LogP) is 0.548. The number of hydrogen-bond donors (Lipinski definition) is 2. The van der Waals surface area contributed by atoms with Crippen LogP contribution in [-0.4, -0.2) is 25.8 Å². The van der Waals surface area contributed by atoms with Gasteiger partial charge in [-0.05, 0) is 18.2 Å². The fourth-order valence-corrected chi connectivity index (χ4v) is 1.28. The summed E-state index contributed by atoms with van der Waals surface area (Å²) >= 11 is 0. The van der Waals surface area contributed by atoms with Gasteiger partial charge >= 0.3 is 5.97 Å². The number of carboxylic acid groups (broad SMARTS) is 1. The third kappa shape index (κ3) is 1.64. The number of anilines is 1. The number of aromatic nitrogens is 3. The van der Waals surface area contributed by atoms with Crippen LogP contribution in [0, 0.1) is 0 Å². The number of aromatic carboxylic acids is 1. The fourth-order valence-electron chi connectivity index (χ4n) is 1.28. The molecule has 0 fully saturated rings. The zero-order valence-corrected chi connectivity index (χ0v) is 7.66. The van der Waals surface area contributed by atoms with E-state index in [1.807, 2.05) is 0 Å². The van der Waals surface area contributed by atoms with Gasteiger partial charge < -0.3 is 10.8 Å². The van der Waals surface area contributed by atoms with Crippen LogP contribution in [0.1, 0.15) is 10.4 Å². The number of carboxylic acids is 1. The molecule has 0 aliphatic rings. The van der Waals surface area contributed by atoms with Crippen LogP contribution in [0.3, 0.4) is 0 Å². The molecule has 0 amide bonds. The van der Waals surface area contributed by atoms with Crippen LogP contribution in [0.4, 0.5) is 5.69 Å².